The lowest BCUT2D eigenvalue weighted by Crippen LogP contribution is -2.54. The van der Waals surface area contributed by atoms with Gasteiger partial charge in [-0.2, -0.15) is 0 Å². The van der Waals surface area contributed by atoms with E-state index in [-0.39, 0.29) is 13.1 Å². The van der Waals surface area contributed by atoms with Crippen molar-refractivity contribution in [3.8, 4) is 0 Å². The second-order valence-electron chi connectivity index (χ2n) is 10.8. The van der Waals surface area contributed by atoms with Gasteiger partial charge in [-0.3, -0.25) is 9.59 Å². The van der Waals surface area contributed by atoms with Crippen LogP contribution in [0.1, 0.15) is 70.6 Å². The summed E-state index contributed by atoms with van der Waals surface area (Å²) in [6.07, 6.45) is 11.2. The third-order valence-electron chi connectivity index (χ3n) is 9.56. The Morgan fingerprint density at radius 1 is 0.690 bits per heavy atom. The van der Waals surface area contributed by atoms with E-state index in [9.17, 15) is 19.8 Å². The van der Waals surface area contributed by atoms with E-state index < -0.39 is 34.6 Å². The molecule has 6 atom stereocenters. The molecule has 4 aliphatic carbocycles. The van der Waals surface area contributed by atoms with Crippen molar-refractivity contribution in [2.45, 2.75) is 70.6 Å². The molecule has 0 aliphatic heterocycles. The highest BCUT2D eigenvalue weighted by atomic mass is 16.4. The average molecular weight is 407 g/mol. The summed E-state index contributed by atoms with van der Waals surface area (Å²) in [5.41, 5.74) is 11.3. The van der Waals surface area contributed by atoms with Crippen LogP contribution in [0.4, 0.5) is 0 Å². The predicted molar refractivity (Wildman–Crippen MR) is 110 cm³/mol. The summed E-state index contributed by atoms with van der Waals surface area (Å²) in [6, 6.07) is 0. The molecule has 0 radical (unpaired) electrons. The minimum absolute atomic E-state index is 0.258. The van der Waals surface area contributed by atoms with Gasteiger partial charge < -0.3 is 21.7 Å². The van der Waals surface area contributed by atoms with Gasteiger partial charge >= 0.3 is 11.9 Å². The van der Waals surface area contributed by atoms with Gasteiger partial charge in [-0.25, -0.2) is 0 Å². The summed E-state index contributed by atoms with van der Waals surface area (Å²) >= 11 is 0. The Hall–Kier alpha value is -1.14. The summed E-state index contributed by atoms with van der Waals surface area (Å²) < 4.78 is 0. The van der Waals surface area contributed by atoms with Crippen LogP contribution in [-0.4, -0.2) is 35.2 Å². The molecule has 29 heavy (non-hydrogen) atoms. The van der Waals surface area contributed by atoms with E-state index in [0.29, 0.717) is 23.7 Å². The van der Waals surface area contributed by atoms with Crippen LogP contribution in [0.2, 0.25) is 0 Å². The molecule has 6 unspecified atom stereocenters. The van der Waals surface area contributed by atoms with Crippen molar-refractivity contribution >= 4 is 11.9 Å². The molecule has 0 heterocycles. The number of carboxylic acids is 2. The maximum Gasteiger partial charge on any atom is 0.308 e. The van der Waals surface area contributed by atoms with Crippen molar-refractivity contribution in [3.63, 3.8) is 0 Å². The maximum atomic E-state index is 12.7. The number of hydrogen-bond acceptors (Lipinski definition) is 4. The number of fused-ring (bicyclic) bond motifs is 2. The normalized spacial score (nSPS) is 43.5. The lowest BCUT2D eigenvalue weighted by atomic mass is 9.58. The second kappa shape index (κ2) is 7.84. The molecule has 4 saturated carbocycles. The number of carbonyl (C=O) groups is 2. The smallest absolute Gasteiger partial charge is 0.308 e. The van der Waals surface area contributed by atoms with Crippen LogP contribution in [0.5, 0.6) is 0 Å². The molecule has 0 spiro atoms. The number of nitrogens with two attached hydrogens (primary N) is 2. The van der Waals surface area contributed by atoms with Gasteiger partial charge in [0.05, 0.1) is 11.8 Å². The molecular formula is C23H38N2O4. The highest BCUT2D eigenvalue weighted by Crippen LogP contribution is 2.62. The van der Waals surface area contributed by atoms with Gasteiger partial charge in [0.2, 0.25) is 0 Å². The Morgan fingerprint density at radius 2 is 1.00 bits per heavy atom. The van der Waals surface area contributed by atoms with Crippen molar-refractivity contribution in [3.05, 3.63) is 0 Å². The largest absolute Gasteiger partial charge is 0.481 e. The van der Waals surface area contributed by atoms with Crippen molar-refractivity contribution in [2.75, 3.05) is 13.1 Å². The molecule has 0 bridgehead atoms. The standard InChI is InChI=1S/C23H38N2O4/c24-12-22(8-14-4-1-2-5-15(14)9-22)18(20(26)27)19(21(28)29)23(13-25)10-16-6-3-7-17(16)11-23/h14-19H,1-13,24-25H2,(H,26,27)(H,28,29). The molecule has 164 valence electrons. The van der Waals surface area contributed by atoms with Crippen LogP contribution >= 0.6 is 0 Å². The number of rotatable bonds is 7. The van der Waals surface area contributed by atoms with E-state index in [1.165, 1.54) is 19.3 Å². The van der Waals surface area contributed by atoms with Crippen LogP contribution in [0.25, 0.3) is 0 Å². The van der Waals surface area contributed by atoms with E-state index in [1.807, 2.05) is 0 Å². The minimum atomic E-state index is -0.981. The van der Waals surface area contributed by atoms with E-state index in [0.717, 1.165) is 51.4 Å². The fourth-order valence-electron chi connectivity index (χ4n) is 8.34. The Labute approximate surface area is 173 Å². The molecule has 6 nitrogen and oxygen atoms in total. The molecule has 0 aromatic heterocycles. The molecule has 0 amide bonds. The Bertz CT molecular complexity index is 625. The Morgan fingerprint density at radius 3 is 1.28 bits per heavy atom. The van der Waals surface area contributed by atoms with Crippen LogP contribution in [0, 0.1) is 46.3 Å². The van der Waals surface area contributed by atoms with Gasteiger partial charge in [-0.15, -0.1) is 0 Å². The Kier molecular flexibility index (Phi) is 5.71. The zero-order valence-corrected chi connectivity index (χ0v) is 17.5. The van der Waals surface area contributed by atoms with E-state index in [1.54, 1.807) is 0 Å². The zero-order valence-electron chi connectivity index (χ0n) is 17.5. The fraction of sp³-hybridized carbons (Fsp3) is 0.913. The highest BCUT2D eigenvalue weighted by Gasteiger charge is 2.62. The average Bonchev–Trinajstić information content (AvgIpc) is 3.36. The second-order valence-corrected chi connectivity index (χ2v) is 10.8. The van der Waals surface area contributed by atoms with Crippen molar-refractivity contribution in [2.24, 2.45) is 57.8 Å². The van der Waals surface area contributed by atoms with Gasteiger partial charge in [0.1, 0.15) is 0 Å². The first-order chi connectivity index (χ1) is 13.9. The summed E-state index contributed by atoms with van der Waals surface area (Å²) in [5, 5.41) is 20.8. The van der Waals surface area contributed by atoms with E-state index >= 15 is 0 Å². The molecular weight excluding hydrogens is 368 g/mol. The first-order valence-corrected chi connectivity index (χ1v) is 11.7. The predicted octanol–water partition coefficient (Wildman–Crippen LogP) is 3.09. The molecule has 4 rings (SSSR count). The molecule has 0 saturated heterocycles. The van der Waals surface area contributed by atoms with Gasteiger partial charge in [-0.05, 0) is 73.3 Å². The van der Waals surface area contributed by atoms with Crippen LogP contribution < -0.4 is 11.5 Å². The summed E-state index contributed by atoms with van der Waals surface area (Å²) in [5.74, 6) is -1.83. The first-order valence-electron chi connectivity index (χ1n) is 11.7. The number of hydrogen-bond donors (Lipinski definition) is 4. The topological polar surface area (TPSA) is 127 Å². The third-order valence-corrected chi connectivity index (χ3v) is 9.56. The number of aliphatic carboxylic acids is 2. The van der Waals surface area contributed by atoms with Gasteiger partial charge in [-0.1, -0.05) is 44.9 Å². The van der Waals surface area contributed by atoms with E-state index in [2.05, 4.69) is 0 Å². The third kappa shape index (κ3) is 3.40. The van der Waals surface area contributed by atoms with E-state index in [4.69, 9.17) is 11.5 Å². The maximum absolute atomic E-state index is 12.7. The highest BCUT2D eigenvalue weighted by molar-refractivity contribution is 5.81. The molecule has 0 aromatic rings. The van der Waals surface area contributed by atoms with Crippen molar-refractivity contribution in [1.29, 1.82) is 0 Å². The molecule has 0 aromatic carbocycles. The molecule has 6 heteroatoms. The number of carboxylic acid groups (broad SMARTS) is 2. The van der Waals surface area contributed by atoms with Gasteiger partial charge in [0, 0.05) is 0 Å². The fourth-order valence-corrected chi connectivity index (χ4v) is 8.34. The first kappa shape index (κ1) is 21.1. The van der Waals surface area contributed by atoms with Gasteiger partial charge in [0.15, 0.2) is 0 Å². The molecule has 4 aliphatic rings. The lowest BCUT2D eigenvalue weighted by Gasteiger charge is -2.45. The Balaban J connectivity index is 1.71. The van der Waals surface area contributed by atoms with Gasteiger partial charge in [0.25, 0.3) is 0 Å². The molecule has 4 fully saturated rings. The summed E-state index contributed by atoms with van der Waals surface area (Å²) in [6.45, 7) is 0.516. The quantitative estimate of drug-likeness (QED) is 0.514. The summed E-state index contributed by atoms with van der Waals surface area (Å²) in [7, 11) is 0. The summed E-state index contributed by atoms with van der Waals surface area (Å²) in [4.78, 5) is 25.4. The zero-order chi connectivity index (χ0) is 20.8. The van der Waals surface area contributed by atoms with Crippen LogP contribution in [0.15, 0.2) is 0 Å². The van der Waals surface area contributed by atoms with Crippen LogP contribution in [-0.2, 0) is 9.59 Å². The van der Waals surface area contributed by atoms with Crippen molar-refractivity contribution < 1.29 is 19.8 Å². The van der Waals surface area contributed by atoms with Crippen LogP contribution in [0.3, 0.4) is 0 Å². The molecule has 6 N–H and O–H groups in total. The monoisotopic (exact) mass is 406 g/mol. The minimum Gasteiger partial charge on any atom is -0.481 e. The SMILES string of the molecule is NCC1(C(C(=O)O)C(C(=O)O)C2(CN)CC3CCCC3C2)CC2CCCCC2C1. The van der Waals surface area contributed by atoms with Crippen molar-refractivity contribution in [1.82, 2.24) is 0 Å². The lowest BCUT2D eigenvalue weighted by molar-refractivity contribution is -0.167.